The lowest BCUT2D eigenvalue weighted by molar-refractivity contribution is -0.128. The number of hydrogen-bond donors (Lipinski definition) is 1. The van der Waals surface area contributed by atoms with Crippen LogP contribution in [0.25, 0.3) is 0 Å². The van der Waals surface area contributed by atoms with Crippen molar-refractivity contribution in [2.24, 2.45) is 4.99 Å². The first kappa shape index (κ1) is 23.9. The molecule has 1 N–H and O–H groups in total. The van der Waals surface area contributed by atoms with Gasteiger partial charge in [0, 0.05) is 25.2 Å². The van der Waals surface area contributed by atoms with E-state index in [-0.39, 0.29) is 18.2 Å². The van der Waals surface area contributed by atoms with Crippen LogP contribution in [0, 0.1) is 0 Å². The average Bonchev–Trinajstić information content (AvgIpc) is 3.01. The summed E-state index contributed by atoms with van der Waals surface area (Å²) >= 11 is 1.38. The first-order valence-corrected chi connectivity index (χ1v) is 11.5. The van der Waals surface area contributed by atoms with E-state index < -0.39 is 11.2 Å². The number of esters is 1. The van der Waals surface area contributed by atoms with Crippen molar-refractivity contribution in [3.8, 4) is 0 Å². The molecule has 0 bridgehead atoms. The molecular weight excluding hydrogens is 402 g/mol. The molecule has 1 aliphatic rings. The van der Waals surface area contributed by atoms with Crippen LogP contribution in [0.1, 0.15) is 63.2 Å². The maximum atomic E-state index is 12.8. The van der Waals surface area contributed by atoms with Gasteiger partial charge in [-0.3, -0.25) is 19.5 Å². The van der Waals surface area contributed by atoms with Crippen LogP contribution in [0.15, 0.2) is 29.3 Å². The smallest absolute Gasteiger partial charge is 0.338 e. The van der Waals surface area contributed by atoms with Crippen molar-refractivity contribution in [1.82, 2.24) is 4.90 Å². The predicted octanol–water partition coefficient (Wildman–Crippen LogP) is 4.09. The number of nitrogens with zero attached hydrogens (tertiary/aromatic N) is 2. The summed E-state index contributed by atoms with van der Waals surface area (Å²) in [6.07, 6.45) is 4.00. The van der Waals surface area contributed by atoms with E-state index in [4.69, 9.17) is 4.74 Å². The number of amides is 2. The molecule has 1 fully saturated rings. The van der Waals surface area contributed by atoms with Gasteiger partial charge in [-0.2, -0.15) is 0 Å². The van der Waals surface area contributed by atoms with E-state index in [1.54, 1.807) is 36.1 Å². The predicted molar refractivity (Wildman–Crippen MR) is 121 cm³/mol. The van der Waals surface area contributed by atoms with Crippen molar-refractivity contribution >= 4 is 40.4 Å². The SMILES string of the molecule is CCCCN=C1SC(CC(=O)Nc2ccc(C(=O)OCC)cc2)C(=O)N1CCCC. The van der Waals surface area contributed by atoms with Gasteiger partial charge in [-0.1, -0.05) is 38.5 Å². The van der Waals surface area contributed by atoms with Crippen molar-refractivity contribution in [1.29, 1.82) is 0 Å². The number of carbonyl (C=O) groups is 3. The lowest BCUT2D eigenvalue weighted by Crippen LogP contribution is -2.34. The number of aliphatic imine (C=N–C) groups is 1. The minimum absolute atomic E-state index is 0.0449. The summed E-state index contributed by atoms with van der Waals surface area (Å²) in [5, 5.41) is 3.07. The van der Waals surface area contributed by atoms with Gasteiger partial charge in [-0.15, -0.1) is 0 Å². The van der Waals surface area contributed by atoms with E-state index in [0.717, 1.165) is 30.9 Å². The quantitative estimate of drug-likeness (QED) is 0.419. The molecule has 1 aromatic rings. The molecule has 1 atom stereocenters. The fraction of sp³-hybridized carbons (Fsp3) is 0.545. The Morgan fingerprint density at radius 3 is 2.47 bits per heavy atom. The van der Waals surface area contributed by atoms with Crippen molar-refractivity contribution in [3.05, 3.63) is 29.8 Å². The second-order valence-corrected chi connectivity index (χ2v) is 8.19. The van der Waals surface area contributed by atoms with Crippen LogP contribution in [0.3, 0.4) is 0 Å². The maximum absolute atomic E-state index is 12.8. The van der Waals surface area contributed by atoms with Crippen molar-refractivity contribution in [2.45, 2.75) is 58.1 Å². The minimum Gasteiger partial charge on any atom is -0.462 e. The lowest BCUT2D eigenvalue weighted by Gasteiger charge is -2.15. The van der Waals surface area contributed by atoms with Gasteiger partial charge in [0.15, 0.2) is 5.17 Å². The molecule has 0 radical (unpaired) electrons. The second kappa shape index (κ2) is 12.4. The van der Waals surface area contributed by atoms with E-state index >= 15 is 0 Å². The van der Waals surface area contributed by atoms with E-state index in [2.05, 4.69) is 24.2 Å². The molecule has 1 heterocycles. The Morgan fingerprint density at radius 2 is 1.83 bits per heavy atom. The van der Waals surface area contributed by atoms with Crippen LogP contribution in [0.4, 0.5) is 5.69 Å². The first-order chi connectivity index (χ1) is 14.5. The number of nitrogens with one attached hydrogen (secondary N) is 1. The molecule has 164 valence electrons. The summed E-state index contributed by atoms with van der Waals surface area (Å²) in [4.78, 5) is 43.3. The Balaban J connectivity index is 1.97. The van der Waals surface area contributed by atoms with Crippen LogP contribution in [-0.4, -0.2) is 52.8 Å². The Bertz CT molecular complexity index is 764. The Morgan fingerprint density at radius 1 is 1.13 bits per heavy atom. The number of hydrogen-bond acceptors (Lipinski definition) is 6. The molecule has 0 aromatic heterocycles. The molecule has 1 unspecified atom stereocenters. The van der Waals surface area contributed by atoms with Gasteiger partial charge in [0.25, 0.3) is 0 Å². The molecule has 0 spiro atoms. The number of ether oxygens (including phenoxy) is 1. The highest BCUT2D eigenvalue weighted by Gasteiger charge is 2.38. The number of amidine groups is 1. The molecular formula is C22H31N3O4S. The molecule has 30 heavy (non-hydrogen) atoms. The maximum Gasteiger partial charge on any atom is 0.338 e. The zero-order chi connectivity index (χ0) is 21.9. The Hall–Kier alpha value is -2.35. The normalized spacial score (nSPS) is 17.4. The van der Waals surface area contributed by atoms with Crippen molar-refractivity contribution in [3.63, 3.8) is 0 Å². The van der Waals surface area contributed by atoms with Gasteiger partial charge in [-0.25, -0.2) is 4.79 Å². The summed E-state index contributed by atoms with van der Waals surface area (Å²) in [5.74, 6) is -0.683. The molecule has 1 aliphatic heterocycles. The number of thioether (sulfide) groups is 1. The molecule has 7 nitrogen and oxygen atoms in total. The zero-order valence-corrected chi connectivity index (χ0v) is 18.8. The minimum atomic E-state index is -0.457. The fourth-order valence-corrected chi connectivity index (χ4v) is 4.09. The van der Waals surface area contributed by atoms with Gasteiger partial charge < -0.3 is 10.1 Å². The Kier molecular flexibility index (Phi) is 9.86. The molecule has 1 saturated heterocycles. The third kappa shape index (κ3) is 6.86. The van der Waals surface area contributed by atoms with Gasteiger partial charge in [-0.05, 0) is 44.0 Å². The standard InChI is InChI=1S/C22H31N3O4S/c1-4-7-13-23-22-25(14-8-5-2)20(27)18(30-22)15-19(26)24-17-11-9-16(10-12-17)21(28)29-6-3/h9-12,18H,4-8,13-15H2,1-3H3,(H,24,26). The van der Waals surface area contributed by atoms with Crippen LogP contribution >= 0.6 is 11.8 Å². The average molecular weight is 434 g/mol. The largest absolute Gasteiger partial charge is 0.462 e. The highest BCUT2D eigenvalue weighted by Crippen LogP contribution is 2.30. The van der Waals surface area contributed by atoms with Gasteiger partial charge in [0.05, 0.1) is 12.2 Å². The van der Waals surface area contributed by atoms with Crippen LogP contribution in [0.5, 0.6) is 0 Å². The molecule has 0 saturated carbocycles. The van der Waals surface area contributed by atoms with Crippen LogP contribution < -0.4 is 5.32 Å². The number of rotatable bonds is 11. The summed E-state index contributed by atoms with van der Waals surface area (Å²) < 4.78 is 4.95. The van der Waals surface area contributed by atoms with Crippen molar-refractivity contribution in [2.75, 3.05) is 25.0 Å². The van der Waals surface area contributed by atoms with E-state index in [1.807, 2.05) is 0 Å². The summed E-state index contributed by atoms with van der Waals surface area (Å²) in [7, 11) is 0. The monoisotopic (exact) mass is 433 g/mol. The number of carbonyl (C=O) groups excluding carboxylic acids is 3. The number of anilines is 1. The zero-order valence-electron chi connectivity index (χ0n) is 18.0. The molecule has 1 aromatic carbocycles. The van der Waals surface area contributed by atoms with Gasteiger partial charge in [0.1, 0.15) is 5.25 Å². The van der Waals surface area contributed by atoms with Crippen LogP contribution in [0.2, 0.25) is 0 Å². The third-order valence-electron chi connectivity index (χ3n) is 4.56. The summed E-state index contributed by atoms with van der Waals surface area (Å²) in [5.41, 5.74) is 0.999. The molecule has 0 aliphatic carbocycles. The van der Waals surface area contributed by atoms with Crippen LogP contribution in [-0.2, 0) is 14.3 Å². The second-order valence-electron chi connectivity index (χ2n) is 7.02. The van der Waals surface area contributed by atoms with E-state index in [0.29, 0.717) is 30.9 Å². The van der Waals surface area contributed by atoms with E-state index in [1.165, 1.54) is 11.8 Å². The Labute approximate surface area is 182 Å². The highest BCUT2D eigenvalue weighted by molar-refractivity contribution is 8.15. The molecule has 2 amide bonds. The third-order valence-corrected chi connectivity index (χ3v) is 5.78. The summed E-state index contributed by atoms with van der Waals surface area (Å²) in [6, 6.07) is 6.51. The van der Waals surface area contributed by atoms with Gasteiger partial charge in [0.2, 0.25) is 11.8 Å². The topological polar surface area (TPSA) is 88.1 Å². The van der Waals surface area contributed by atoms with Crippen molar-refractivity contribution < 1.29 is 19.1 Å². The first-order valence-electron chi connectivity index (χ1n) is 10.6. The fourth-order valence-electron chi connectivity index (χ4n) is 2.90. The molecule has 8 heteroatoms. The molecule has 2 rings (SSSR count). The number of benzene rings is 1. The highest BCUT2D eigenvalue weighted by atomic mass is 32.2. The van der Waals surface area contributed by atoms with Gasteiger partial charge >= 0.3 is 5.97 Å². The number of unbranched alkanes of at least 4 members (excludes halogenated alkanes) is 2. The lowest BCUT2D eigenvalue weighted by atomic mass is 10.2. The van der Waals surface area contributed by atoms with E-state index in [9.17, 15) is 14.4 Å². The summed E-state index contributed by atoms with van der Waals surface area (Å²) in [6.45, 7) is 7.58.